The zero-order valence-corrected chi connectivity index (χ0v) is 14.3. The number of nitrogens with zero attached hydrogens (tertiary/aromatic N) is 2. The van der Waals surface area contributed by atoms with Gasteiger partial charge in [-0.15, -0.1) is 0 Å². The van der Waals surface area contributed by atoms with Crippen LogP contribution in [0.2, 0.25) is 0 Å². The van der Waals surface area contributed by atoms with Gasteiger partial charge >= 0.3 is 0 Å². The van der Waals surface area contributed by atoms with E-state index in [9.17, 15) is 9.59 Å². The van der Waals surface area contributed by atoms with Gasteiger partial charge in [0.25, 0.3) is 0 Å². The Morgan fingerprint density at radius 3 is 2.79 bits per heavy atom. The average Bonchev–Trinajstić information content (AvgIpc) is 3.05. The maximum absolute atomic E-state index is 12.2. The maximum atomic E-state index is 12.2. The number of methoxy groups -OCH3 is 1. The van der Waals surface area contributed by atoms with Crippen molar-refractivity contribution in [2.75, 3.05) is 13.7 Å². The van der Waals surface area contributed by atoms with Gasteiger partial charge < -0.3 is 10.1 Å². The van der Waals surface area contributed by atoms with Crippen molar-refractivity contribution in [1.29, 1.82) is 0 Å². The monoisotopic (exact) mass is 329 g/mol. The average molecular weight is 329 g/mol. The van der Waals surface area contributed by atoms with E-state index in [1.165, 1.54) is 6.92 Å². The van der Waals surface area contributed by atoms with Crippen LogP contribution in [0.4, 0.5) is 0 Å². The summed E-state index contributed by atoms with van der Waals surface area (Å²) >= 11 is 0. The molecule has 0 aliphatic carbocycles. The molecule has 0 saturated heterocycles. The van der Waals surface area contributed by atoms with Crippen LogP contribution in [0.1, 0.15) is 29.8 Å². The Kier molecular flexibility index (Phi) is 6.12. The van der Waals surface area contributed by atoms with Gasteiger partial charge in [0.1, 0.15) is 5.75 Å². The largest absolute Gasteiger partial charge is 0.496 e. The third-order valence-electron chi connectivity index (χ3n) is 3.74. The number of ketones is 1. The van der Waals surface area contributed by atoms with Crippen molar-refractivity contribution in [2.45, 2.75) is 26.8 Å². The molecule has 1 aromatic carbocycles. The predicted octanol–water partition coefficient (Wildman–Crippen LogP) is 2.09. The molecule has 0 fully saturated rings. The van der Waals surface area contributed by atoms with Gasteiger partial charge in [-0.1, -0.05) is 6.92 Å². The standard InChI is InChI=1S/C18H23N3O3/c1-13(12-21-8-4-7-20-21)11-19-18(23)10-16-9-15(14(2)22)5-6-17(16)24-3/h4-9,13H,10-12H2,1-3H3,(H,19,23)/t13-/m1/s1. The maximum Gasteiger partial charge on any atom is 0.224 e. The normalized spacial score (nSPS) is 11.8. The zero-order valence-electron chi connectivity index (χ0n) is 14.3. The van der Waals surface area contributed by atoms with Gasteiger partial charge in [-0.3, -0.25) is 14.3 Å². The third kappa shape index (κ3) is 4.94. The highest BCUT2D eigenvalue weighted by atomic mass is 16.5. The first-order chi connectivity index (χ1) is 11.5. The molecule has 1 N–H and O–H groups in total. The quantitative estimate of drug-likeness (QED) is 0.753. The number of carbonyl (C=O) groups is 2. The highest BCUT2D eigenvalue weighted by Crippen LogP contribution is 2.20. The Labute approximate surface area is 141 Å². The lowest BCUT2D eigenvalue weighted by Crippen LogP contribution is -2.31. The lowest BCUT2D eigenvalue weighted by Gasteiger charge is -2.14. The van der Waals surface area contributed by atoms with E-state index in [4.69, 9.17) is 4.74 Å². The molecule has 0 aliphatic heterocycles. The van der Waals surface area contributed by atoms with Gasteiger partial charge in [-0.25, -0.2) is 0 Å². The van der Waals surface area contributed by atoms with Gasteiger partial charge in [0.2, 0.25) is 5.91 Å². The van der Waals surface area contributed by atoms with Crippen molar-refractivity contribution in [1.82, 2.24) is 15.1 Å². The molecular weight excluding hydrogens is 306 g/mol. The summed E-state index contributed by atoms with van der Waals surface area (Å²) in [6.45, 7) is 4.87. The highest BCUT2D eigenvalue weighted by Gasteiger charge is 2.12. The number of ether oxygens (including phenoxy) is 1. The van der Waals surface area contributed by atoms with E-state index in [0.29, 0.717) is 23.4 Å². The van der Waals surface area contributed by atoms with Gasteiger partial charge in [-0.05, 0) is 37.1 Å². The van der Waals surface area contributed by atoms with E-state index in [-0.39, 0.29) is 24.0 Å². The second-order valence-corrected chi connectivity index (χ2v) is 5.90. The fourth-order valence-electron chi connectivity index (χ4n) is 2.45. The molecule has 1 aromatic heterocycles. The highest BCUT2D eigenvalue weighted by molar-refractivity contribution is 5.94. The molecule has 0 spiro atoms. The van der Waals surface area contributed by atoms with E-state index in [2.05, 4.69) is 17.3 Å². The fraction of sp³-hybridized carbons (Fsp3) is 0.389. The van der Waals surface area contributed by atoms with Gasteiger partial charge in [0.15, 0.2) is 5.78 Å². The fourth-order valence-corrected chi connectivity index (χ4v) is 2.45. The topological polar surface area (TPSA) is 73.2 Å². The van der Waals surface area contributed by atoms with Crippen LogP contribution in [0.3, 0.4) is 0 Å². The number of hydrogen-bond acceptors (Lipinski definition) is 4. The minimum absolute atomic E-state index is 0.0350. The number of Topliss-reactive ketones (excluding diaryl/α,β-unsaturated/α-hetero) is 1. The molecule has 6 nitrogen and oxygen atoms in total. The summed E-state index contributed by atoms with van der Waals surface area (Å²) in [5.41, 5.74) is 1.29. The summed E-state index contributed by atoms with van der Waals surface area (Å²) < 4.78 is 7.12. The Morgan fingerprint density at radius 1 is 1.38 bits per heavy atom. The Hall–Kier alpha value is -2.63. The van der Waals surface area contributed by atoms with Crippen LogP contribution in [0.15, 0.2) is 36.7 Å². The molecule has 2 rings (SSSR count). The van der Waals surface area contributed by atoms with E-state index in [1.807, 2.05) is 16.9 Å². The number of nitrogens with one attached hydrogen (secondary N) is 1. The van der Waals surface area contributed by atoms with E-state index in [0.717, 1.165) is 6.54 Å². The zero-order chi connectivity index (χ0) is 17.5. The summed E-state index contributed by atoms with van der Waals surface area (Å²) in [6, 6.07) is 7.02. The number of benzene rings is 1. The number of hydrogen-bond donors (Lipinski definition) is 1. The molecule has 1 heterocycles. The van der Waals surface area contributed by atoms with Crippen molar-refractivity contribution < 1.29 is 14.3 Å². The summed E-state index contributed by atoms with van der Waals surface area (Å²) in [5.74, 6) is 0.743. The minimum atomic E-state index is -0.0960. The second-order valence-electron chi connectivity index (χ2n) is 5.90. The van der Waals surface area contributed by atoms with Crippen LogP contribution >= 0.6 is 0 Å². The number of aromatic nitrogens is 2. The van der Waals surface area contributed by atoms with E-state index < -0.39 is 0 Å². The first kappa shape index (κ1) is 17.7. The summed E-state index contributed by atoms with van der Waals surface area (Å²) in [6.07, 6.45) is 3.81. The van der Waals surface area contributed by atoms with Crippen LogP contribution in [-0.2, 0) is 17.8 Å². The van der Waals surface area contributed by atoms with Gasteiger partial charge in [-0.2, -0.15) is 5.10 Å². The molecule has 0 unspecified atom stereocenters. The summed E-state index contributed by atoms with van der Waals surface area (Å²) in [4.78, 5) is 23.7. The van der Waals surface area contributed by atoms with Crippen molar-refractivity contribution in [3.8, 4) is 5.75 Å². The molecule has 6 heteroatoms. The smallest absolute Gasteiger partial charge is 0.224 e. The first-order valence-corrected chi connectivity index (χ1v) is 7.91. The summed E-state index contributed by atoms with van der Waals surface area (Å²) in [7, 11) is 1.55. The Morgan fingerprint density at radius 2 is 2.17 bits per heavy atom. The summed E-state index contributed by atoms with van der Waals surface area (Å²) in [5, 5.41) is 7.08. The molecule has 24 heavy (non-hydrogen) atoms. The van der Waals surface area contributed by atoms with Crippen molar-refractivity contribution in [2.24, 2.45) is 5.92 Å². The van der Waals surface area contributed by atoms with Crippen LogP contribution in [0.25, 0.3) is 0 Å². The van der Waals surface area contributed by atoms with E-state index in [1.54, 1.807) is 31.5 Å². The van der Waals surface area contributed by atoms with Crippen molar-refractivity contribution in [3.05, 3.63) is 47.8 Å². The lowest BCUT2D eigenvalue weighted by molar-refractivity contribution is -0.120. The molecule has 0 aliphatic rings. The first-order valence-electron chi connectivity index (χ1n) is 7.91. The van der Waals surface area contributed by atoms with E-state index >= 15 is 0 Å². The molecule has 0 bridgehead atoms. The molecule has 0 radical (unpaired) electrons. The van der Waals surface area contributed by atoms with Crippen LogP contribution < -0.4 is 10.1 Å². The predicted molar refractivity (Wildman–Crippen MR) is 91.1 cm³/mol. The third-order valence-corrected chi connectivity index (χ3v) is 3.74. The minimum Gasteiger partial charge on any atom is -0.496 e. The molecule has 128 valence electrons. The number of rotatable bonds is 8. The van der Waals surface area contributed by atoms with Crippen LogP contribution in [-0.4, -0.2) is 35.1 Å². The molecule has 0 saturated carbocycles. The molecule has 2 aromatic rings. The Balaban J connectivity index is 1.91. The van der Waals surface area contributed by atoms with Crippen LogP contribution in [0, 0.1) is 5.92 Å². The van der Waals surface area contributed by atoms with Gasteiger partial charge in [0, 0.05) is 36.6 Å². The SMILES string of the molecule is COc1ccc(C(C)=O)cc1CC(=O)NC[C@@H](C)Cn1cccn1. The molecule has 1 amide bonds. The lowest BCUT2D eigenvalue weighted by atomic mass is 10.0. The molecule has 1 atom stereocenters. The van der Waals surface area contributed by atoms with Crippen LogP contribution in [0.5, 0.6) is 5.75 Å². The second kappa shape index (κ2) is 8.29. The number of amides is 1. The van der Waals surface area contributed by atoms with Crippen molar-refractivity contribution in [3.63, 3.8) is 0 Å². The molecular formula is C18H23N3O3. The number of carbonyl (C=O) groups excluding carboxylic acids is 2. The van der Waals surface area contributed by atoms with Crippen molar-refractivity contribution >= 4 is 11.7 Å². The van der Waals surface area contributed by atoms with Gasteiger partial charge in [0.05, 0.1) is 13.5 Å². The Bertz CT molecular complexity index is 696.